The zero-order valence-corrected chi connectivity index (χ0v) is 20.9. The average molecular weight is 490 g/mol. The Morgan fingerprint density at radius 1 is 0.861 bits per heavy atom. The summed E-state index contributed by atoms with van der Waals surface area (Å²) in [5.41, 5.74) is 5.15. The second-order valence-electron chi connectivity index (χ2n) is 9.36. The van der Waals surface area contributed by atoms with Gasteiger partial charge < -0.3 is 28.4 Å². The van der Waals surface area contributed by atoms with E-state index in [9.17, 15) is 0 Å². The third-order valence-electron chi connectivity index (χ3n) is 7.60. The smallest absolute Gasteiger partial charge is 0.231 e. The second kappa shape index (κ2) is 9.47. The van der Waals surface area contributed by atoms with Crippen molar-refractivity contribution in [3.05, 3.63) is 70.8 Å². The van der Waals surface area contributed by atoms with Crippen molar-refractivity contribution in [3.8, 4) is 34.5 Å². The van der Waals surface area contributed by atoms with Crippen LogP contribution in [0.25, 0.3) is 0 Å². The van der Waals surface area contributed by atoms with Gasteiger partial charge in [0.2, 0.25) is 6.79 Å². The molecule has 0 bridgehead atoms. The highest BCUT2D eigenvalue weighted by atomic mass is 16.7. The summed E-state index contributed by atoms with van der Waals surface area (Å²) in [4.78, 5) is 2.56. The van der Waals surface area contributed by atoms with Crippen LogP contribution in [0.5, 0.6) is 34.5 Å². The molecule has 36 heavy (non-hydrogen) atoms. The molecule has 0 aliphatic carbocycles. The van der Waals surface area contributed by atoms with Crippen molar-refractivity contribution < 1.29 is 28.4 Å². The first-order chi connectivity index (χ1) is 17.7. The molecule has 2 unspecified atom stereocenters. The van der Waals surface area contributed by atoms with Crippen LogP contribution in [0.2, 0.25) is 0 Å². The lowest BCUT2D eigenvalue weighted by molar-refractivity contribution is 0.119. The van der Waals surface area contributed by atoms with Gasteiger partial charge in [-0.2, -0.15) is 0 Å². The Bertz CT molecular complexity index is 1260. The molecule has 0 amide bonds. The van der Waals surface area contributed by atoms with Gasteiger partial charge in [-0.15, -0.1) is 0 Å². The largest absolute Gasteiger partial charge is 0.497 e. The van der Waals surface area contributed by atoms with Gasteiger partial charge in [0.25, 0.3) is 0 Å². The van der Waals surface area contributed by atoms with Gasteiger partial charge in [0.15, 0.2) is 23.0 Å². The molecule has 0 N–H and O–H groups in total. The van der Waals surface area contributed by atoms with Gasteiger partial charge in [0, 0.05) is 30.6 Å². The van der Waals surface area contributed by atoms with Crippen molar-refractivity contribution in [1.29, 1.82) is 0 Å². The summed E-state index contributed by atoms with van der Waals surface area (Å²) < 4.78 is 34.4. The standard InChI is InChI=1S/C29H31NO6/c1-31-19-4-6-20(7-5-19)34-13-11-22-21-8-9-25(32-2)29(33-3)24(21)16-30-12-10-18-14-26-27(36-17-35-26)15-23(18)28(22)30/h4-9,14-15,22,28H,10-13,16-17H2,1-3H3. The first-order valence-corrected chi connectivity index (χ1v) is 12.4. The minimum Gasteiger partial charge on any atom is -0.497 e. The molecule has 0 fully saturated rings. The summed E-state index contributed by atoms with van der Waals surface area (Å²) in [5.74, 6) is 5.15. The van der Waals surface area contributed by atoms with Gasteiger partial charge in [-0.3, -0.25) is 4.90 Å². The minimum absolute atomic E-state index is 0.214. The van der Waals surface area contributed by atoms with Crippen LogP contribution >= 0.6 is 0 Å². The molecule has 0 aromatic heterocycles. The lowest BCUT2D eigenvalue weighted by atomic mass is 9.75. The Balaban J connectivity index is 1.36. The van der Waals surface area contributed by atoms with Crippen molar-refractivity contribution in [1.82, 2.24) is 4.90 Å². The third kappa shape index (κ3) is 3.88. The molecule has 0 radical (unpaired) electrons. The van der Waals surface area contributed by atoms with Crippen LogP contribution in [0.15, 0.2) is 48.5 Å². The number of ether oxygens (including phenoxy) is 6. The molecular formula is C29H31NO6. The lowest BCUT2D eigenvalue weighted by Crippen LogP contribution is -2.42. The number of rotatable bonds is 7. The first-order valence-electron chi connectivity index (χ1n) is 12.4. The Morgan fingerprint density at radius 3 is 2.39 bits per heavy atom. The van der Waals surface area contributed by atoms with E-state index in [1.807, 2.05) is 30.3 Å². The van der Waals surface area contributed by atoms with E-state index in [2.05, 4.69) is 23.1 Å². The van der Waals surface area contributed by atoms with Crippen LogP contribution in [0, 0.1) is 0 Å². The van der Waals surface area contributed by atoms with Crippen molar-refractivity contribution >= 4 is 0 Å². The van der Waals surface area contributed by atoms with E-state index in [1.165, 1.54) is 22.3 Å². The Labute approximate surface area is 211 Å². The van der Waals surface area contributed by atoms with Crippen LogP contribution in [-0.4, -0.2) is 46.2 Å². The number of methoxy groups -OCH3 is 3. The molecule has 188 valence electrons. The highest BCUT2D eigenvalue weighted by Crippen LogP contribution is 2.52. The van der Waals surface area contributed by atoms with E-state index in [-0.39, 0.29) is 18.8 Å². The Kier molecular flexibility index (Phi) is 6.01. The van der Waals surface area contributed by atoms with E-state index in [4.69, 9.17) is 28.4 Å². The second-order valence-corrected chi connectivity index (χ2v) is 9.36. The molecule has 0 spiro atoms. The third-order valence-corrected chi connectivity index (χ3v) is 7.60. The highest BCUT2D eigenvalue weighted by Gasteiger charge is 2.41. The molecule has 0 saturated heterocycles. The number of hydrogen-bond donors (Lipinski definition) is 0. The number of benzene rings is 3. The average Bonchev–Trinajstić information content (AvgIpc) is 3.38. The molecule has 6 rings (SSSR count). The van der Waals surface area contributed by atoms with Crippen LogP contribution < -0.4 is 28.4 Å². The van der Waals surface area contributed by atoms with Gasteiger partial charge in [-0.05, 0) is 72.0 Å². The molecule has 3 aromatic carbocycles. The fourth-order valence-electron chi connectivity index (χ4n) is 5.92. The predicted octanol–water partition coefficient (Wildman–Crippen LogP) is 5.11. The summed E-state index contributed by atoms with van der Waals surface area (Å²) in [6, 6.07) is 16.5. The summed E-state index contributed by atoms with van der Waals surface area (Å²) in [6.45, 7) is 2.65. The van der Waals surface area contributed by atoms with Gasteiger partial charge in [0.05, 0.1) is 27.9 Å². The van der Waals surface area contributed by atoms with Gasteiger partial charge in [-0.1, -0.05) is 6.07 Å². The first kappa shape index (κ1) is 22.9. The summed E-state index contributed by atoms with van der Waals surface area (Å²) >= 11 is 0. The Hall–Kier alpha value is -3.58. The maximum Gasteiger partial charge on any atom is 0.231 e. The van der Waals surface area contributed by atoms with Crippen LogP contribution in [0.3, 0.4) is 0 Å². The van der Waals surface area contributed by atoms with Gasteiger partial charge in [-0.25, -0.2) is 0 Å². The molecule has 3 aliphatic heterocycles. The van der Waals surface area contributed by atoms with Gasteiger partial charge in [0.1, 0.15) is 11.5 Å². The zero-order valence-electron chi connectivity index (χ0n) is 20.9. The fourth-order valence-corrected chi connectivity index (χ4v) is 5.92. The SMILES string of the molecule is COc1ccc(OCCC2c3ccc(OC)c(OC)c3CN3CCc4cc5c(cc4C23)OCO5)cc1. The van der Waals surface area contributed by atoms with Crippen molar-refractivity contribution in [2.45, 2.75) is 31.3 Å². The number of nitrogens with zero attached hydrogens (tertiary/aromatic N) is 1. The molecule has 3 aliphatic rings. The van der Waals surface area contributed by atoms with Crippen LogP contribution in [0.1, 0.15) is 40.6 Å². The molecule has 7 heteroatoms. The molecule has 3 heterocycles. The summed E-state index contributed by atoms with van der Waals surface area (Å²) in [6.07, 6.45) is 1.82. The fraction of sp³-hybridized carbons (Fsp3) is 0.379. The van der Waals surface area contributed by atoms with Crippen LogP contribution in [0.4, 0.5) is 0 Å². The molecule has 7 nitrogen and oxygen atoms in total. The maximum absolute atomic E-state index is 6.19. The summed E-state index contributed by atoms with van der Waals surface area (Å²) in [5, 5.41) is 0. The molecule has 3 aromatic rings. The van der Waals surface area contributed by atoms with Gasteiger partial charge >= 0.3 is 0 Å². The quantitative estimate of drug-likeness (QED) is 0.457. The van der Waals surface area contributed by atoms with E-state index in [1.54, 1.807) is 21.3 Å². The topological polar surface area (TPSA) is 58.6 Å². The van der Waals surface area contributed by atoms with Crippen molar-refractivity contribution in [2.24, 2.45) is 0 Å². The molecule has 2 atom stereocenters. The normalized spacial score (nSPS) is 19.6. The lowest BCUT2D eigenvalue weighted by Gasteiger charge is -2.46. The monoisotopic (exact) mass is 489 g/mol. The highest BCUT2D eigenvalue weighted by molar-refractivity contribution is 5.56. The maximum atomic E-state index is 6.19. The van der Waals surface area contributed by atoms with E-state index >= 15 is 0 Å². The number of fused-ring (bicyclic) bond motifs is 5. The Morgan fingerprint density at radius 2 is 1.64 bits per heavy atom. The van der Waals surface area contributed by atoms with E-state index in [0.717, 1.165) is 60.4 Å². The minimum atomic E-state index is 0.214. The van der Waals surface area contributed by atoms with E-state index < -0.39 is 0 Å². The molecule has 0 saturated carbocycles. The van der Waals surface area contributed by atoms with Crippen molar-refractivity contribution in [3.63, 3.8) is 0 Å². The van der Waals surface area contributed by atoms with E-state index in [0.29, 0.717) is 6.61 Å². The predicted molar refractivity (Wildman–Crippen MR) is 135 cm³/mol. The zero-order chi connectivity index (χ0) is 24.6. The summed E-state index contributed by atoms with van der Waals surface area (Å²) in [7, 11) is 5.08. The van der Waals surface area contributed by atoms with Crippen LogP contribution in [-0.2, 0) is 13.0 Å². The van der Waals surface area contributed by atoms with Crippen molar-refractivity contribution in [2.75, 3.05) is 41.3 Å². The number of hydrogen-bond acceptors (Lipinski definition) is 7. The molecular weight excluding hydrogens is 458 g/mol.